The summed E-state index contributed by atoms with van der Waals surface area (Å²) in [7, 11) is 0. The van der Waals surface area contributed by atoms with Crippen LogP contribution < -0.4 is 4.90 Å². The van der Waals surface area contributed by atoms with Gasteiger partial charge in [0.2, 0.25) is 5.69 Å². The second-order valence-electron chi connectivity index (χ2n) is 11.0. The zero-order valence-corrected chi connectivity index (χ0v) is 23.4. The summed E-state index contributed by atoms with van der Waals surface area (Å²) >= 11 is 0. The van der Waals surface area contributed by atoms with Gasteiger partial charge in [0.05, 0.1) is 23.6 Å². The number of carbonyl (C=O) groups is 2. The molecule has 4 rings (SSSR count). The summed E-state index contributed by atoms with van der Waals surface area (Å²) in [6.07, 6.45) is 6.78. The first-order valence-corrected chi connectivity index (χ1v) is 13.2. The highest BCUT2D eigenvalue weighted by atomic mass is 19.1. The SMILES string of the molecule is CC1(C)C(=CC=C(C#N)C=CC2=[N+](CCC(=O)O)c3ccc(F)cc3C2(C)C)N(CCOC=O)c2ccc(F)cc21. The third-order valence-electron chi connectivity index (χ3n) is 7.73. The van der Waals surface area contributed by atoms with E-state index >= 15 is 0 Å². The number of carboxylic acids is 1. The molecule has 0 radical (unpaired) electrons. The predicted molar refractivity (Wildman–Crippen MR) is 151 cm³/mol. The van der Waals surface area contributed by atoms with Crippen LogP contribution in [0.25, 0.3) is 0 Å². The molecule has 9 heteroatoms. The van der Waals surface area contributed by atoms with Gasteiger partial charge in [-0.1, -0.05) is 13.8 Å². The van der Waals surface area contributed by atoms with E-state index in [2.05, 4.69) is 6.07 Å². The Morgan fingerprint density at radius 2 is 1.78 bits per heavy atom. The summed E-state index contributed by atoms with van der Waals surface area (Å²) in [5.41, 5.74) is 3.66. The molecule has 0 saturated carbocycles. The highest BCUT2D eigenvalue weighted by molar-refractivity contribution is 6.03. The largest absolute Gasteiger partial charge is 0.481 e. The molecule has 0 unspecified atom stereocenters. The van der Waals surface area contributed by atoms with Gasteiger partial charge >= 0.3 is 5.97 Å². The zero-order chi connectivity index (χ0) is 29.9. The van der Waals surface area contributed by atoms with Gasteiger partial charge in [-0.3, -0.25) is 9.59 Å². The Morgan fingerprint density at radius 1 is 1.10 bits per heavy atom. The lowest BCUT2D eigenvalue weighted by Gasteiger charge is -2.26. The minimum absolute atomic E-state index is 0.114. The van der Waals surface area contributed by atoms with Gasteiger partial charge in [0, 0.05) is 34.5 Å². The molecule has 0 aromatic heterocycles. The first kappa shape index (κ1) is 29.4. The van der Waals surface area contributed by atoms with Gasteiger partial charge in [0.15, 0.2) is 12.3 Å². The molecular weight excluding hydrogens is 528 g/mol. The number of nitriles is 1. The topological polar surface area (TPSA) is 93.6 Å². The maximum absolute atomic E-state index is 14.2. The Balaban J connectivity index is 1.73. The molecular formula is C32H32F2N3O4+. The van der Waals surface area contributed by atoms with E-state index < -0.39 is 16.8 Å². The van der Waals surface area contributed by atoms with Crippen molar-refractivity contribution in [2.75, 3.05) is 24.6 Å². The molecule has 0 aliphatic carbocycles. The minimum Gasteiger partial charge on any atom is -0.481 e. The molecule has 0 bridgehead atoms. The Bertz CT molecular complexity index is 1560. The van der Waals surface area contributed by atoms with Crippen LogP contribution in [0.5, 0.6) is 0 Å². The molecule has 0 saturated heterocycles. The van der Waals surface area contributed by atoms with Crippen molar-refractivity contribution in [3.63, 3.8) is 0 Å². The Hall–Kier alpha value is -4.58. The number of hydrogen-bond acceptors (Lipinski definition) is 5. The second-order valence-corrected chi connectivity index (χ2v) is 11.0. The van der Waals surface area contributed by atoms with Crippen LogP contribution in [0.4, 0.5) is 20.2 Å². The van der Waals surface area contributed by atoms with Crippen molar-refractivity contribution in [3.8, 4) is 6.07 Å². The van der Waals surface area contributed by atoms with E-state index in [4.69, 9.17) is 4.74 Å². The molecule has 0 spiro atoms. The summed E-state index contributed by atoms with van der Waals surface area (Å²) in [6.45, 7) is 8.82. The number of carboxylic acid groups (broad SMARTS) is 1. The smallest absolute Gasteiger partial charge is 0.309 e. The lowest BCUT2D eigenvalue weighted by atomic mass is 9.81. The molecule has 2 aromatic rings. The highest BCUT2D eigenvalue weighted by Crippen LogP contribution is 2.48. The lowest BCUT2D eigenvalue weighted by molar-refractivity contribution is -0.436. The summed E-state index contributed by atoms with van der Waals surface area (Å²) in [6, 6.07) is 11.2. The maximum atomic E-state index is 14.2. The normalized spacial score (nSPS) is 18.0. The molecule has 0 fully saturated rings. The number of ether oxygens (including phenoxy) is 1. The van der Waals surface area contributed by atoms with Gasteiger partial charge in [-0.25, -0.2) is 8.78 Å². The summed E-state index contributed by atoms with van der Waals surface area (Å²) in [5.74, 6) is -1.69. The van der Waals surface area contributed by atoms with E-state index in [0.717, 1.165) is 33.9 Å². The van der Waals surface area contributed by atoms with Crippen molar-refractivity contribution >= 4 is 29.5 Å². The van der Waals surface area contributed by atoms with Gasteiger partial charge in [0.25, 0.3) is 6.47 Å². The van der Waals surface area contributed by atoms with Gasteiger partial charge in [0.1, 0.15) is 24.7 Å². The average molecular weight is 561 g/mol. The summed E-state index contributed by atoms with van der Waals surface area (Å²) < 4.78 is 35.1. The number of nitrogens with zero attached hydrogens (tertiary/aromatic N) is 3. The van der Waals surface area contributed by atoms with Gasteiger partial charge in [-0.2, -0.15) is 9.84 Å². The van der Waals surface area contributed by atoms with Crippen LogP contribution >= 0.6 is 0 Å². The maximum Gasteiger partial charge on any atom is 0.309 e. The number of aliphatic carboxylic acids is 1. The monoisotopic (exact) mass is 560 g/mol. The van der Waals surface area contributed by atoms with Crippen LogP contribution in [0.1, 0.15) is 45.2 Å². The quantitative estimate of drug-likeness (QED) is 0.132. The predicted octanol–water partition coefficient (Wildman–Crippen LogP) is 5.68. The first-order chi connectivity index (χ1) is 19.4. The van der Waals surface area contributed by atoms with Crippen molar-refractivity contribution in [2.24, 2.45) is 0 Å². The Labute approximate surface area is 238 Å². The number of anilines is 1. The fraction of sp³-hybridized carbons (Fsp3) is 0.312. The molecule has 1 N–H and O–H groups in total. The first-order valence-electron chi connectivity index (χ1n) is 13.2. The molecule has 41 heavy (non-hydrogen) atoms. The van der Waals surface area contributed by atoms with Crippen LogP contribution in [-0.2, 0) is 25.2 Å². The molecule has 0 amide bonds. The third kappa shape index (κ3) is 5.68. The van der Waals surface area contributed by atoms with Gasteiger partial charge < -0.3 is 14.7 Å². The third-order valence-corrected chi connectivity index (χ3v) is 7.73. The number of carbonyl (C=O) groups excluding carboxylic acids is 1. The molecule has 7 nitrogen and oxygen atoms in total. The Kier molecular flexibility index (Phi) is 8.24. The molecule has 2 aliphatic rings. The summed E-state index contributed by atoms with van der Waals surface area (Å²) in [4.78, 5) is 24.0. The van der Waals surface area contributed by atoms with Gasteiger partial charge in [-0.05, 0) is 68.0 Å². The van der Waals surface area contributed by atoms with Crippen LogP contribution in [0.3, 0.4) is 0 Å². The number of halogens is 2. The van der Waals surface area contributed by atoms with E-state index in [0.29, 0.717) is 18.6 Å². The van der Waals surface area contributed by atoms with Crippen molar-refractivity contribution in [1.29, 1.82) is 5.26 Å². The van der Waals surface area contributed by atoms with E-state index in [-0.39, 0.29) is 31.2 Å². The molecule has 0 atom stereocenters. The van der Waals surface area contributed by atoms with Crippen LogP contribution in [0, 0.1) is 23.0 Å². The van der Waals surface area contributed by atoms with Crippen LogP contribution in [0.2, 0.25) is 0 Å². The van der Waals surface area contributed by atoms with E-state index in [1.165, 1.54) is 24.3 Å². The van der Waals surface area contributed by atoms with Crippen molar-refractivity contribution in [3.05, 3.63) is 94.7 Å². The molecule has 2 heterocycles. The second kappa shape index (κ2) is 11.5. The van der Waals surface area contributed by atoms with E-state index in [1.54, 1.807) is 36.4 Å². The van der Waals surface area contributed by atoms with E-state index in [9.17, 15) is 28.7 Å². The number of fused-ring (bicyclic) bond motifs is 2. The van der Waals surface area contributed by atoms with Gasteiger partial charge in [-0.15, -0.1) is 0 Å². The number of rotatable bonds is 10. The van der Waals surface area contributed by atoms with Crippen LogP contribution in [0.15, 0.2) is 72.0 Å². The lowest BCUT2D eigenvalue weighted by Crippen LogP contribution is -2.29. The summed E-state index contributed by atoms with van der Waals surface area (Å²) in [5, 5.41) is 19.3. The van der Waals surface area contributed by atoms with Crippen molar-refractivity contribution in [1.82, 2.24) is 0 Å². The number of allylic oxidation sites excluding steroid dienone is 6. The Morgan fingerprint density at radius 3 is 2.44 bits per heavy atom. The fourth-order valence-corrected chi connectivity index (χ4v) is 5.64. The standard InChI is InChI=1S/C32H31F2N3O4/c1-31(2)24-17-22(33)7-9-26(24)36(14-13-30(39)40)28(31)11-5-21(19-35)6-12-29-32(3,4)25-18-23(34)8-10-27(25)37(29)15-16-41-20-38/h5-12,17-18,20H,13-16H2,1-4H3/p+1. The fourth-order valence-electron chi connectivity index (χ4n) is 5.64. The number of hydrogen-bond donors (Lipinski definition) is 1. The zero-order valence-electron chi connectivity index (χ0n) is 23.4. The molecule has 212 valence electrons. The number of benzene rings is 2. The van der Waals surface area contributed by atoms with E-state index in [1.807, 2.05) is 37.2 Å². The molecule has 2 aliphatic heterocycles. The minimum atomic E-state index is -0.950. The highest BCUT2D eigenvalue weighted by Gasteiger charge is 2.45. The van der Waals surface area contributed by atoms with Crippen LogP contribution in [-0.4, -0.2) is 47.5 Å². The average Bonchev–Trinajstić information content (AvgIpc) is 3.25. The van der Waals surface area contributed by atoms with Crippen molar-refractivity contribution < 1.29 is 32.8 Å². The van der Waals surface area contributed by atoms with Crippen molar-refractivity contribution in [2.45, 2.75) is 44.9 Å². The molecule has 2 aromatic carbocycles.